The van der Waals surface area contributed by atoms with E-state index in [0.717, 1.165) is 3.57 Å². The Morgan fingerprint density at radius 3 is 3.00 bits per heavy atom. The first-order chi connectivity index (χ1) is 7.15. The highest BCUT2D eigenvalue weighted by Crippen LogP contribution is 2.15. The summed E-state index contributed by atoms with van der Waals surface area (Å²) in [6.45, 7) is 2.07. The molecule has 0 radical (unpaired) electrons. The lowest BCUT2D eigenvalue weighted by atomic mass is 10.6. The van der Waals surface area contributed by atoms with E-state index in [2.05, 4.69) is 50.2 Å². The molecule has 2 N–H and O–H groups in total. The van der Waals surface area contributed by atoms with Crippen LogP contribution in [0.2, 0.25) is 0 Å². The number of aromatic nitrogens is 2. The van der Waals surface area contributed by atoms with E-state index in [1.807, 2.05) is 0 Å². The van der Waals surface area contributed by atoms with Gasteiger partial charge in [0.25, 0.3) is 0 Å². The smallest absolute Gasteiger partial charge is 0.321 e. The SMILES string of the molecule is CC#CCNC(=O)Nc1c(I)cnn1C. The van der Waals surface area contributed by atoms with E-state index in [1.165, 1.54) is 0 Å². The van der Waals surface area contributed by atoms with Gasteiger partial charge >= 0.3 is 6.03 Å². The van der Waals surface area contributed by atoms with E-state index in [-0.39, 0.29) is 6.03 Å². The summed E-state index contributed by atoms with van der Waals surface area (Å²) < 4.78 is 2.50. The normalized spacial score (nSPS) is 9.00. The molecule has 0 atom stereocenters. The van der Waals surface area contributed by atoms with Crippen LogP contribution in [0.1, 0.15) is 6.92 Å². The second-order valence-corrected chi connectivity index (χ2v) is 3.86. The summed E-state index contributed by atoms with van der Waals surface area (Å²) in [5.74, 6) is 6.11. The molecule has 15 heavy (non-hydrogen) atoms. The van der Waals surface area contributed by atoms with Crippen LogP contribution < -0.4 is 10.6 Å². The van der Waals surface area contributed by atoms with Crippen LogP contribution in [0.25, 0.3) is 0 Å². The fraction of sp³-hybridized carbons (Fsp3) is 0.333. The zero-order chi connectivity index (χ0) is 11.3. The maximum absolute atomic E-state index is 11.4. The molecule has 0 unspecified atom stereocenters. The molecular weight excluding hydrogens is 307 g/mol. The lowest BCUT2D eigenvalue weighted by molar-refractivity contribution is 0.253. The van der Waals surface area contributed by atoms with Gasteiger partial charge in [-0.1, -0.05) is 5.92 Å². The van der Waals surface area contributed by atoms with E-state index in [4.69, 9.17) is 0 Å². The van der Waals surface area contributed by atoms with E-state index in [9.17, 15) is 4.79 Å². The number of halogens is 1. The third-order valence-electron chi connectivity index (χ3n) is 1.64. The highest BCUT2D eigenvalue weighted by Gasteiger charge is 2.08. The van der Waals surface area contributed by atoms with Gasteiger partial charge in [-0.15, -0.1) is 5.92 Å². The number of hydrogen-bond acceptors (Lipinski definition) is 2. The molecule has 1 heterocycles. The van der Waals surface area contributed by atoms with Gasteiger partial charge in [-0.25, -0.2) is 4.79 Å². The van der Waals surface area contributed by atoms with E-state index < -0.39 is 0 Å². The van der Waals surface area contributed by atoms with Crippen molar-refractivity contribution in [1.82, 2.24) is 15.1 Å². The van der Waals surface area contributed by atoms with Gasteiger partial charge in [-0.3, -0.25) is 10.00 Å². The maximum atomic E-state index is 11.4. The number of aryl methyl sites for hydroxylation is 1. The van der Waals surface area contributed by atoms with Crippen LogP contribution in [0.3, 0.4) is 0 Å². The molecule has 80 valence electrons. The summed E-state index contributed by atoms with van der Waals surface area (Å²) in [6.07, 6.45) is 1.68. The summed E-state index contributed by atoms with van der Waals surface area (Å²) in [7, 11) is 1.77. The molecule has 0 saturated heterocycles. The molecule has 1 rings (SSSR count). The average Bonchev–Trinajstić information content (AvgIpc) is 2.50. The van der Waals surface area contributed by atoms with Gasteiger partial charge in [-0.05, 0) is 29.5 Å². The fourth-order valence-electron chi connectivity index (χ4n) is 0.916. The molecule has 0 aliphatic carbocycles. The van der Waals surface area contributed by atoms with Crippen molar-refractivity contribution in [2.75, 3.05) is 11.9 Å². The standard InChI is InChI=1S/C9H11IN4O/c1-3-4-5-11-9(15)13-8-7(10)6-12-14(8)2/h6H,5H2,1-2H3,(H2,11,13,15). The summed E-state index contributed by atoms with van der Waals surface area (Å²) in [5, 5.41) is 9.31. The Bertz CT molecular complexity index is 396. The quantitative estimate of drug-likeness (QED) is 0.635. The predicted molar refractivity (Wildman–Crippen MR) is 66.4 cm³/mol. The topological polar surface area (TPSA) is 59.0 Å². The van der Waals surface area contributed by atoms with E-state index >= 15 is 0 Å². The third kappa shape index (κ3) is 3.43. The third-order valence-corrected chi connectivity index (χ3v) is 2.43. The first kappa shape index (κ1) is 11.8. The molecule has 0 aromatic carbocycles. The Balaban J connectivity index is 2.53. The van der Waals surface area contributed by atoms with Gasteiger partial charge < -0.3 is 5.32 Å². The minimum Gasteiger partial charge on any atom is -0.327 e. The van der Waals surface area contributed by atoms with Crippen molar-refractivity contribution >= 4 is 34.4 Å². The molecule has 0 aliphatic rings. The van der Waals surface area contributed by atoms with Gasteiger partial charge in [0.2, 0.25) is 0 Å². The Morgan fingerprint density at radius 2 is 2.47 bits per heavy atom. The summed E-state index contributed by atoms with van der Waals surface area (Å²) >= 11 is 2.11. The minimum absolute atomic E-state index is 0.278. The summed E-state index contributed by atoms with van der Waals surface area (Å²) in [6, 6.07) is -0.278. The van der Waals surface area contributed by atoms with E-state index in [1.54, 1.807) is 24.9 Å². The Labute approximate surface area is 102 Å². The Morgan fingerprint density at radius 1 is 1.73 bits per heavy atom. The predicted octanol–water partition coefficient (Wildman–Crippen LogP) is 1.17. The molecule has 0 fully saturated rings. The molecule has 5 nitrogen and oxygen atoms in total. The minimum atomic E-state index is -0.278. The first-order valence-corrected chi connectivity index (χ1v) is 5.35. The van der Waals surface area contributed by atoms with E-state index in [0.29, 0.717) is 12.4 Å². The van der Waals surface area contributed by atoms with Gasteiger partial charge in [0, 0.05) is 7.05 Å². The number of rotatable bonds is 2. The van der Waals surface area contributed by atoms with Gasteiger partial charge in [-0.2, -0.15) is 5.10 Å². The van der Waals surface area contributed by atoms with Crippen molar-refractivity contribution in [1.29, 1.82) is 0 Å². The fourth-order valence-corrected chi connectivity index (χ4v) is 1.52. The Hall–Kier alpha value is -1.23. The number of carbonyl (C=O) groups excluding carboxylic acids is 1. The maximum Gasteiger partial charge on any atom is 0.321 e. The molecule has 6 heteroatoms. The lowest BCUT2D eigenvalue weighted by Crippen LogP contribution is -2.30. The van der Waals surface area contributed by atoms with Crippen molar-refractivity contribution in [2.24, 2.45) is 7.05 Å². The van der Waals surface area contributed by atoms with Crippen molar-refractivity contribution in [2.45, 2.75) is 6.92 Å². The number of nitrogens with zero attached hydrogens (tertiary/aromatic N) is 2. The highest BCUT2D eigenvalue weighted by atomic mass is 127. The molecule has 0 bridgehead atoms. The monoisotopic (exact) mass is 318 g/mol. The number of nitrogens with one attached hydrogen (secondary N) is 2. The Kier molecular flexibility index (Phi) is 4.42. The van der Waals surface area contributed by atoms with Crippen molar-refractivity contribution in [3.63, 3.8) is 0 Å². The zero-order valence-electron chi connectivity index (χ0n) is 8.47. The van der Waals surface area contributed by atoms with Crippen molar-refractivity contribution in [3.05, 3.63) is 9.77 Å². The van der Waals surface area contributed by atoms with Crippen LogP contribution in [0, 0.1) is 15.4 Å². The molecule has 0 saturated carbocycles. The van der Waals surface area contributed by atoms with Crippen LogP contribution >= 0.6 is 22.6 Å². The van der Waals surface area contributed by atoms with Gasteiger partial charge in [0.15, 0.2) is 0 Å². The van der Waals surface area contributed by atoms with Crippen LogP contribution in [-0.2, 0) is 7.05 Å². The van der Waals surface area contributed by atoms with Crippen LogP contribution in [-0.4, -0.2) is 22.4 Å². The van der Waals surface area contributed by atoms with Crippen LogP contribution in [0.4, 0.5) is 10.6 Å². The van der Waals surface area contributed by atoms with Gasteiger partial charge in [0.1, 0.15) is 5.82 Å². The lowest BCUT2D eigenvalue weighted by Gasteiger charge is -2.05. The largest absolute Gasteiger partial charge is 0.327 e. The molecular formula is C9H11IN4O. The van der Waals surface area contributed by atoms with Crippen LogP contribution in [0.15, 0.2) is 6.20 Å². The zero-order valence-corrected chi connectivity index (χ0v) is 10.6. The van der Waals surface area contributed by atoms with Crippen LogP contribution in [0.5, 0.6) is 0 Å². The number of hydrogen-bond donors (Lipinski definition) is 2. The molecule has 2 amide bonds. The second kappa shape index (κ2) is 5.60. The molecule has 0 spiro atoms. The number of carbonyl (C=O) groups is 1. The molecule has 1 aromatic heterocycles. The average molecular weight is 318 g/mol. The first-order valence-electron chi connectivity index (χ1n) is 4.27. The summed E-state index contributed by atoms with van der Waals surface area (Å²) in [4.78, 5) is 11.4. The second-order valence-electron chi connectivity index (χ2n) is 2.70. The van der Waals surface area contributed by atoms with Crippen molar-refractivity contribution in [3.8, 4) is 11.8 Å². The molecule has 1 aromatic rings. The summed E-state index contributed by atoms with van der Waals surface area (Å²) in [5.41, 5.74) is 0. The van der Waals surface area contributed by atoms with Gasteiger partial charge in [0.05, 0.1) is 16.3 Å². The molecule has 0 aliphatic heterocycles. The number of amides is 2. The number of anilines is 1. The number of urea groups is 1. The van der Waals surface area contributed by atoms with Crippen molar-refractivity contribution < 1.29 is 4.79 Å². The highest BCUT2D eigenvalue weighted by molar-refractivity contribution is 14.1.